The molecule has 3 N–H and O–H groups in total. The molecule has 0 unspecified atom stereocenters. The van der Waals surface area contributed by atoms with Gasteiger partial charge in [0, 0.05) is 17.8 Å². The first-order valence-corrected chi connectivity index (χ1v) is 7.68. The quantitative estimate of drug-likeness (QED) is 0.753. The van der Waals surface area contributed by atoms with Crippen LogP contribution in [0.1, 0.15) is 23.2 Å². The predicted molar refractivity (Wildman–Crippen MR) is 86.0 cm³/mol. The summed E-state index contributed by atoms with van der Waals surface area (Å²) in [6.07, 6.45) is 5.13. The summed E-state index contributed by atoms with van der Waals surface area (Å²) in [4.78, 5) is 22.9. The summed E-state index contributed by atoms with van der Waals surface area (Å²) < 4.78 is 19.4. The Kier molecular flexibility index (Phi) is 3.41. The molecular weight excluding hydrogens is 311 g/mol. The van der Waals surface area contributed by atoms with Crippen LogP contribution >= 0.6 is 0 Å². The van der Waals surface area contributed by atoms with Gasteiger partial charge < -0.3 is 15.5 Å². The van der Waals surface area contributed by atoms with Gasteiger partial charge in [0.05, 0.1) is 17.7 Å². The highest BCUT2D eigenvalue weighted by atomic mass is 19.1. The summed E-state index contributed by atoms with van der Waals surface area (Å²) in [5, 5.41) is 0. The second-order valence-electron chi connectivity index (χ2n) is 5.91. The smallest absolute Gasteiger partial charge is 0.252 e. The van der Waals surface area contributed by atoms with Crippen molar-refractivity contribution >= 4 is 16.9 Å². The second kappa shape index (κ2) is 5.59. The van der Waals surface area contributed by atoms with Gasteiger partial charge in [-0.05, 0) is 30.9 Å². The van der Waals surface area contributed by atoms with Crippen LogP contribution in [0.5, 0.6) is 5.75 Å². The number of halogens is 1. The fourth-order valence-corrected chi connectivity index (χ4v) is 2.63. The van der Waals surface area contributed by atoms with Crippen molar-refractivity contribution in [3.8, 4) is 17.0 Å². The fourth-order valence-electron chi connectivity index (χ4n) is 2.63. The van der Waals surface area contributed by atoms with E-state index in [0.717, 1.165) is 12.8 Å². The number of hydrogen-bond acceptors (Lipinski definition) is 4. The van der Waals surface area contributed by atoms with Gasteiger partial charge in [-0.3, -0.25) is 4.79 Å². The molecular formula is C17H15FN4O2. The number of carbonyl (C=O) groups excluding carboxylic acids is 1. The lowest BCUT2D eigenvalue weighted by molar-refractivity contribution is 0.100. The number of amides is 1. The molecule has 0 aliphatic heterocycles. The van der Waals surface area contributed by atoms with Crippen LogP contribution in [0.25, 0.3) is 22.3 Å². The minimum atomic E-state index is -0.574. The molecule has 1 aliphatic carbocycles. The van der Waals surface area contributed by atoms with Crippen molar-refractivity contribution in [2.75, 3.05) is 6.61 Å². The summed E-state index contributed by atoms with van der Waals surface area (Å²) in [6, 6.07) is 4.32. The number of aromatic nitrogens is 3. The van der Waals surface area contributed by atoms with Gasteiger partial charge in [0.15, 0.2) is 0 Å². The van der Waals surface area contributed by atoms with Crippen LogP contribution in [0.3, 0.4) is 0 Å². The molecule has 0 saturated heterocycles. The zero-order chi connectivity index (χ0) is 16.7. The van der Waals surface area contributed by atoms with Crippen LogP contribution in [0.15, 0.2) is 30.7 Å². The van der Waals surface area contributed by atoms with E-state index in [1.165, 1.54) is 24.7 Å². The summed E-state index contributed by atoms with van der Waals surface area (Å²) >= 11 is 0. The Balaban J connectivity index is 1.83. The zero-order valence-corrected chi connectivity index (χ0v) is 12.8. The molecule has 7 heteroatoms. The van der Waals surface area contributed by atoms with Gasteiger partial charge in [-0.25, -0.2) is 14.4 Å². The summed E-state index contributed by atoms with van der Waals surface area (Å²) in [5.74, 6) is 0.0185. The van der Waals surface area contributed by atoms with Crippen molar-refractivity contribution in [1.29, 1.82) is 0 Å². The number of fused-ring (bicyclic) bond motifs is 1. The molecule has 4 rings (SSSR count). The number of hydrogen-bond donors (Lipinski definition) is 2. The SMILES string of the molecule is NC(=O)c1c[nH]c2c(-c3ccc(F)cc3OCC3CC3)ncnc12. The lowest BCUT2D eigenvalue weighted by Crippen LogP contribution is -2.10. The molecule has 1 saturated carbocycles. The molecule has 6 nitrogen and oxygen atoms in total. The molecule has 0 bridgehead atoms. The number of rotatable bonds is 5. The molecule has 1 aliphatic rings. The Hall–Kier alpha value is -2.96. The van der Waals surface area contributed by atoms with Gasteiger partial charge in [-0.2, -0.15) is 0 Å². The highest BCUT2D eigenvalue weighted by Gasteiger charge is 2.23. The van der Waals surface area contributed by atoms with Crippen LogP contribution in [0.4, 0.5) is 4.39 Å². The molecule has 1 aromatic carbocycles. The molecule has 1 fully saturated rings. The van der Waals surface area contributed by atoms with E-state index >= 15 is 0 Å². The number of carbonyl (C=O) groups is 1. The third-order valence-electron chi connectivity index (χ3n) is 4.10. The second-order valence-corrected chi connectivity index (χ2v) is 5.91. The van der Waals surface area contributed by atoms with E-state index < -0.39 is 5.91 Å². The number of H-pyrrole nitrogens is 1. The monoisotopic (exact) mass is 326 g/mol. The first-order valence-electron chi connectivity index (χ1n) is 7.68. The van der Waals surface area contributed by atoms with Crippen LogP contribution in [0.2, 0.25) is 0 Å². The van der Waals surface area contributed by atoms with Crippen molar-refractivity contribution in [3.63, 3.8) is 0 Å². The maximum absolute atomic E-state index is 13.6. The predicted octanol–water partition coefficient (Wildman–Crippen LogP) is 2.65. The Bertz CT molecular complexity index is 933. The van der Waals surface area contributed by atoms with E-state index in [2.05, 4.69) is 15.0 Å². The molecule has 0 spiro atoms. The number of benzene rings is 1. The molecule has 0 atom stereocenters. The summed E-state index contributed by atoms with van der Waals surface area (Å²) in [7, 11) is 0. The van der Waals surface area contributed by atoms with Gasteiger partial charge in [0.2, 0.25) is 0 Å². The molecule has 0 radical (unpaired) electrons. The molecule has 3 aromatic rings. The van der Waals surface area contributed by atoms with Gasteiger partial charge in [-0.1, -0.05) is 0 Å². The first-order chi connectivity index (χ1) is 11.6. The standard InChI is InChI=1S/C17H15FN4O2/c18-10-3-4-11(13(5-10)24-7-9-1-2-9)14-16-15(22-8-21-14)12(6-20-16)17(19)23/h3-6,8-9,20H,1-2,7H2,(H2,19,23). The number of aromatic amines is 1. The minimum Gasteiger partial charge on any atom is -0.492 e. The van der Waals surface area contributed by atoms with E-state index in [1.54, 1.807) is 6.07 Å². The third-order valence-corrected chi connectivity index (χ3v) is 4.10. The summed E-state index contributed by atoms with van der Waals surface area (Å²) in [6.45, 7) is 0.557. The van der Waals surface area contributed by atoms with Crippen LogP contribution in [-0.2, 0) is 0 Å². The highest BCUT2D eigenvalue weighted by Crippen LogP contribution is 2.36. The largest absolute Gasteiger partial charge is 0.492 e. The number of nitrogens with two attached hydrogens (primary N) is 1. The molecule has 2 heterocycles. The van der Waals surface area contributed by atoms with Gasteiger partial charge in [-0.15, -0.1) is 0 Å². The van der Waals surface area contributed by atoms with Crippen molar-refractivity contribution in [2.45, 2.75) is 12.8 Å². The zero-order valence-electron chi connectivity index (χ0n) is 12.8. The van der Waals surface area contributed by atoms with Gasteiger partial charge in [0.25, 0.3) is 5.91 Å². The number of primary amides is 1. The average molecular weight is 326 g/mol. The van der Waals surface area contributed by atoms with Crippen molar-refractivity contribution in [2.24, 2.45) is 11.7 Å². The number of ether oxygens (including phenoxy) is 1. The third kappa shape index (κ3) is 2.58. The highest BCUT2D eigenvalue weighted by molar-refractivity contribution is 6.07. The number of nitrogens with zero attached hydrogens (tertiary/aromatic N) is 2. The fraction of sp³-hybridized carbons (Fsp3) is 0.235. The normalized spacial score (nSPS) is 14.0. The molecule has 122 valence electrons. The van der Waals surface area contributed by atoms with Crippen LogP contribution in [0, 0.1) is 11.7 Å². The first kappa shape index (κ1) is 14.6. The van der Waals surface area contributed by atoms with Gasteiger partial charge >= 0.3 is 0 Å². The molecule has 24 heavy (non-hydrogen) atoms. The topological polar surface area (TPSA) is 93.9 Å². The lowest BCUT2D eigenvalue weighted by Gasteiger charge is -2.11. The van der Waals surface area contributed by atoms with E-state index in [9.17, 15) is 9.18 Å². The molecule has 2 aromatic heterocycles. The maximum atomic E-state index is 13.6. The lowest BCUT2D eigenvalue weighted by atomic mass is 10.1. The van der Waals surface area contributed by atoms with Crippen LogP contribution in [-0.4, -0.2) is 27.5 Å². The van der Waals surface area contributed by atoms with E-state index in [-0.39, 0.29) is 11.4 Å². The summed E-state index contributed by atoms with van der Waals surface area (Å²) in [5.41, 5.74) is 7.83. The van der Waals surface area contributed by atoms with Crippen molar-refractivity contribution in [1.82, 2.24) is 15.0 Å². The minimum absolute atomic E-state index is 0.288. The Morgan fingerprint density at radius 1 is 1.38 bits per heavy atom. The van der Waals surface area contributed by atoms with E-state index in [4.69, 9.17) is 10.5 Å². The van der Waals surface area contributed by atoms with E-state index in [0.29, 0.717) is 40.6 Å². The van der Waals surface area contributed by atoms with Crippen molar-refractivity contribution < 1.29 is 13.9 Å². The molecule has 1 amide bonds. The van der Waals surface area contributed by atoms with E-state index in [1.807, 2.05) is 0 Å². The Labute approximate surface area is 136 Å². The van der Waals surface area contributed by atoms with Crippen LogP contribution < -0.4 is 10.5 Å². The van der Waals surface area contributed by atoms with Crippen molar-refractivity contribution in [3.05, 3.63) is 42.1 Å². The van der Waals surface area contributed by atoms with Gasteiger partial charge in [0.1, 0.15) is 29.1 Å². The Morgan fingerprint density at radius 2 is 2.21 bits per heavy atom. The Morgan fingerprint density at radius 3 is 2.96 bits per heavy atom. The average Bonchev–Trinajstić information content (AvgIpc) is 3.29. The number of nitrogens with one attached hydrogen (secondary N) is 1. The maximum Gasteiger partial charge on any atom is 0.252 e.